The van der Waals surface area contributed by atoms with Gasteiger partial charge in [0.1, 0.15) is 15.3 Å². The highest BCUT2D eigenvalue weighted by molar-refractivity contribution is 8.23. The predicted molar refractivity (Wildman–Crippen MR) is 139 cm³/mol. The quantitative estimate of drug-likeness (QED) is 0.249. The number of thiocarbonyl (C=S) groups is 1. The summed E-state index contributed by atoms with van der Waals surface area (Å²) < 4.78 is 5.99. The molecule has 2 fully saturated rings. The first-order valence-corrected chi connectivity index (χ1v) is 12.5. The molecule has 2 aromatic rings. The zero-order chi connectivity index (χ0) is 24.1. The van der Waals surface area contributed by atoms with Crippen LogP contribution in [0.15, 0.2) is 54.6 Å². The first-order chi connectivity index (χ1) is 16.5. The molecular weight excluding hydrogens is 468 g/mol. The number of amides is 2. The maximum absolute atomic E-state index is 13.0. The largest absolute Gasteiger partial charge is 0.496 e. The summed E-state index contributed by atoms with van der Waals surface area (Å²) in [6, 6.07) is 14.0. The lowest BCUT2D eigenvalue weighted by atomic mass is 10.1. The Morgan fingerprint density at radius 2 is 1.76 bits per heavy atom. The molecule has 4 rings (SSSR count). The number of imide groups is 1. The Bertz CT molecular complexity index is 1120. The standard InChI is InChI=1S/C26H26N2O4S2/c1-32-22-8-4-3-7-19(22)11-14-21(29)18-9-12-20(13-10-18)28-24(30)17-23(25(28)31)34-26(33)27-15-5-2-6-16-27/h3-4,7-14,23H,2,5-6,15-17H2,1H3/b14-11+. The van der Waals surface area contributed by atoms with Crippen LogP contribution in [0, 0.1) is 0 Å². The number of methoxy groups -OCH3 is 1. The molecule has 2 amide bonds. The molecular formula is C26H26N2O4S2. The zero-order valence-corrected chi connectivity index (χ0v) is 20.6. The van der Waals surface area contributed by atoms with Crippen molar-refractivity contribution in [1.29, 1.82) is 0 Å². The monoisotopic (exact) mass is 494 g/mol. The topological polar surface area (TPSA) is 66.9 Å². The molecule has 0 bridgehead atoms. The second kappa shape index (κ2) is 11.0. The van der Waals surface area contributed by atoms with Crippen molar-refractivity contribution in [2.24, 2.45) is 0 Å². The number of hydrogen-bond donors (Lipinski definition) is 0. The van der Waals surface area contributed by atoms with Gasteiger partial charge < -0.3 is 9.64 Å². The molecule has 0 spiro atoms. The first kappa shape index (κ1) is 24.2. The van der Waals surface area contributed by atoms with Gasteiger partial charge in [0, 0.05) is 30.6 Å². The Labute approximate surface area is 208 Å². The van der Waals surface area contributed by atoms with E-state index in [2.05, 4.69) is 4.90 Å². The number of anilines is 1. The maximum Gasteiger partial charge on any atom is 0.247 e. The highest BCUT2D eigenvalue weighted by atomic mass is 32.2. The van der Waals surface area contributed by atoms with Crippen LogP contribution in [0.25, 0.3) is 6.08 Å². The molecule has 6 nitrogen and oxygen atoms in total. The fourth-order valence-electron chi connectivity index (χ4n) is 4.08. The van der Waals surface area contributed by atoms with Crippen LogP contribution in [0.4, 0.5) is 5.69 Å². The van der Waals surface area contributed by atoms with Crippen LogP contribution in [-0.4, -0.2) is 52.3 Å². The van der Waals surface area contributed by atoms with Crippen LogP contribution in [0.1, 0.15) is 41.6 Å². The maximum atomic E-state index is 13.0. The Morgan fingerprint density at radius 1 is 1.06 bits per heavy atom. The first-order valence-electron chi connectivity index (χ1n) is 11.3. The van der Waals surface area contributed by atoms with Gasteiger partial charge >= 0.3 is 0 Å². The molecule has 0 N–H and O–H groups in total. The van der Waals surface area contributed by atoms with E-state index in [1.54, 1.807) is 37.5 Å². The summed E-state index contributed by atoms with van der Waals surface area (Å²) in [6.45, 7) is 1.82. The Morgan fingerprint density at radius 3 is 2.47 bits per heavy atom. The lowest BCUT2D eigenvalue weighted by Crippen LogP contribution is -2.35. The molecule has 2 aromatic carbocycles. The van der Waals surface area contributed by atoms with E-state index < -0.39 is 5.25 Å². The Balaban J connectivity index is 1.41. The lowest BCUT2D eigenvalue weighted by Gasteiger charge is -2.29. The van der Waals surface area contributed by atoms with Gasteiger partial charge in [-0.3, -0.25) is 14.4 Å². The van der Waals surface area contributed by atoms with Crippen molar-refractivity contribution in [2.45, 2.75) is 30.9 Å². The van der Waals surface area contributed by atoms with E-state index >= 15 is 0 Å². The average Bonchev–Trinajstić information content (AvgIpc) is 3.15. The number of thioether (sulfide) groups is 1. The van der Waals surface area contributed by atoms with E-state index in [1.807, 2.05) is 24.3 Å². The van der Waals surface area contributed by atoms with Gasteiger partial charge in [-0.15, -0.1) is 0 Å². The molecule has 34 heavy (non-hydrogen) atoms. The number of carbonyl (C=O) groups excluding carboxylic acids is 3. The number of para-hydroxylation sites is 1. The number of benzene rings is 2. The minimum absolute atomic E-state index is 0.125. The molecule has 0 aromatic heterocycles. The third-order valence-corrected chi connectivity index (χ3v) is 7.59. The second-order valence-corrected chi connectivity index (χ2v) is 10.0. The van der Waals surface area contributed by atoms with Gasteiger partial charge in [-0.25, -0.2) is 4.90 Å². The lowest BCUT2D eigenvalue weighted by molar-refractivity contribution is -0.121. The summed E-state index contributed by atoms with van der Waals surface area (Å²) in [5, 5.41) is -0.507. The number of nitrogens with zero attached hydrogens (tertiary/aromatic N) is 2. The molecule has 2 aliphatic rings. The zero-order valence-electron chi connectivity index (χ0n) is 18.9. The molecule has 8 heteroatoms. The average molecular weight is 495 g/mol. The highest BCUT2D eigenvalue weighted by Crippen LogP contribution is 2.32. The summed E-state index contributed by atoms with van der Waals surface area (Å²) in [7, 11) is 1.58. The van der Waals surface area contributed by atoms with Crippen molar-refractivity contribution in [2.75, 3.05) is 25.1 Å². The number of carbonyl (C=O) groups is 3. The van der Waals surface area contributed by atoms with Crippen molar-refractivity contribution in [1.82, 2.24) is 4.90 Å². The number of piperidine rings is 1. The summed E-state index contributed by atoms with van der Waals surface area (Å²) in [4.78, 5) is 41.6. The van der Waals surface area contributed by atoms with Crippen LogP contribution < -0.4 is 9.64 Å². The van der Waals surface area contributed by atoms with Crippen LogP contribution >= 0.6 is 24.0 Å². The van der Waals surface area contributed by atoms with Gasteiger partial charge in [-0.05, 0) is 61.7 Å². The van der Waals surface area contributed by atoms with E-state index in [9.17, 15) is 14.4 Å². The Hall–Kier alpha value is -2.97. The molecule has 2 heterocycles. The molecule has 1 unspecified atom stereocenters. The number of allylic oxidation sites excluding steroid dienone is 1. The van der Waals surface area contributed by atoms with Gasteiger partial charge in [-0.1, -0.05) is 42.2 Å². The van der Waals surface area contributed by atoms with Gasteiger partial charge in [0.15, 0.2) is 5.78 Å². The number of ketones is 1. The minimum atomic E-state index is -0.507. The SMILES string of the molecule is COc1ccccc1/C=C/C(=O)c1ccc(N2C(=O)CC(SC(=S)N3CCCCC3)C2=O)cc1. The highest BCUT2D eigenvalue weighted by Gasteiger charge is 2.41. The van der Waals surface area contributed by atoms with Crippen LogP contribution in [0.5, 0.6) is 5.75 Å². The number of rotatable bonds is 6. The van der Waals surface area contributed by atoms with E-state index in [0.717, 1.165) is 31.5 Å². The molecule has 1 atom stereocenters. The van der Waals surface area contributed by atoms with Gasteiger partial charge in [-0.2, -0.15) is 0 Å². The van der Waals surface area contributed by atoms with Crippen molar-refractivity contribution < 1.29 is 19.1 Å². The normalized spacial score (nSPS) is 18.6. The summed E-state index contributed by atoms with van der Waals surface area (Å²) in [5.74, 6) is -0.0133. The predicted octanol–water partition coefficient (Wildman–Crippen LogP) is 4.73. The number of ether oxygens (including phenoxy) is 1. The fraction of sp³-hybridized carbons (Fsp3) is 0.308. The van der Waals surface area contributed by atoms with Crippen LogP contribution in [-0.2, 0) is 9.59 Å². The van der Waals surface area contributed by atoms with E-state index in [0.29, 0.717) is 21.3 Å². The molecule has 2 saturated heterocycles. The molecule has 2 aliphatic heterocycles. The smallest absolute Gasteiger partial charge is 0.247 e. The van der Waals surface area contributed by atoms with Crippen molar-refractivity contribution in [3.05, 3.63) is 65.7 Å². The second-order valence-electron chi connectivity index (χ2n) is 8.18. The summed E-state index contributed by atoms with van der Waals surface area (Å²) in [5.41, 5.74) is 1.73. The molecule has 0 saturated carbocycles. The van der Waals surface area contributed by atoms with Crippen LogP contribution in [0.2, 0.25) is 0 Å². The minimum Gasteiger partial charge on any atom is -0.496 e. The van der Waals surface area contributed by atoms with E-state index in [-0.39, 0.29) is 24.0 Å². The molecule has 0 radical (unpaired) electrons. The summed E-state index contributed by atoms with van der Waals surface area (Å²) in [6.07, 6.45) is 6.71. The van der Waals surface area contributed by atoms with Crippen LogP contribution in [0.3, 0.4) is 0 Å². The third kappa shape index (κ3) is 5.39. The number of likely N-dealkylation sites (tertiary alicyclic amines) is 1. The van der Waals surface area contributed by atoms with Gasteiger partial charge in [0.05, 0.1) is 12.8 Å². The molecule has 0 aliphatic carbocycles. The summed E-state index contributed by atoms with van der Waals surface area (Å²) >= 11 is 6.85. The Kier molecular flexibility index (Phi) is 7.80. The van der Waals surface area contributed by atoms with Gasteiger partial charge in [0.25, 0.3) is 0 Å². The van der Waals surface area contributed by atoms with Crippen molar-refractivity contribution in [3.8, 4) is 5.75 Å². The van der Waals surface area contributed by atoms with E-state index in [4.69, 9.17) is 17.0 Å². The third-order valence-electron chi connectivity index (χ3n) is 5.93. The van der Waals surface area contributed by atoms with Crippen molar-refractivity contribution in [3.63, 3.8) is 0 Å². The van der Waals surface area contributed by atoms with Crippen molar-refractivity contribution >= 4 is 57.7 Å². The fourth-order valence-corrected chi connectivity index (χ4v) is 5.62. The van der Waals surface area contributed by atoms with Gasteiger partial charge in [0.2, 0.25) is 11.8 Å². The molecule has 176 valence electrons. The van der Waals surface area contributed by atoms with E-state index in [1.165, 1.54) is 29.2 Å². The number of hydrogen-bond acceptors (Lipinski definition) is 6.